The summed E-state index contributed by atoms with van der Waals surface area (Å²) in [5.74, 6) is -1.00. The summed E-state index contributed by atoms with van der Waals surface area (Å²) in [7, 11) is 0. The van der Waals surface area contributed by atoms with Gasteiger partial charge in [-0.05, 0) is 22.3 Å². The summed E-state index contributed by atoms with van der Waals surface area (Å²) in [5.41, 5.74) is 4.49. The summed E-state index contributed by atoms with van der Waals surface area (Å²) < 4.78 is 5.20. The second-order valence-electron chi connectivity index (χ2n) is 5.14. The van der Waals surface area contributed by atoms with Gasteiger partial charge in [-0.25, -0.2) is 9.59 Å². The lowest BCUT2D eigenvalue weighted by Gasteiger charge is -2.14. The number of amides is 1. The van der Waals surface area contributed by atoms with E-state index in [0.29, 0.717) is 0 Å². The van der Waals surface area contributed by atoms with Gasteiger partial charge in [0, 0.05) is 5.92 Å². The van der Waals surface area contributed by atoms with E-state index in [1.54, 1.807) is 0 Å². The molecule has 2 N–H and O–H groups in total. The number of rotatable bonds is 4. The molecule has 0 atom stereocenters. The molecule has 1 amide bonds. The van der Waals surface area contributed by atoms with Crippen molar-refractivity contribution in [1.82, 2.24) is 5.32 Å². The first kappa shape index (κ1) is 15.1. The molecule has 6 heteroatoms. The third kappa shape index (κ3) is 3.02. The Morgan fingerprint density at radius 1 is 1.00 bits per heavy atom. The molecule has 0 aliphatic heterocycles. The molecule has 6 nitrogen and oxygen atoms in total. The van der Waals surface area contributed by atoms with E-state index in [1.165, 1.54) is 0 Å². The quantitative estimate of drug-likeness (QED) is 0.669. The van der Waals surface area contributed by atoms with Crippen molar-refractivity contribution in [3.63, 3.8) is 0 Å². The molecule has 1 aliphatic carbocycles. The summed E-state index contributed by atoms with van der Waals surface area (Å²) in [4.78, 5) is 25.8. The van der Waals surface area contributed by atoms with E-state index >= 15 is 0 Å². The Hall–Kier alpha value is -2.86. The summed E-state index contributed by atoms with van der Waals surface area (Å²) in [6, 6.07) is 16.0. The molecule has 0 saturated heterocycles. The summed E-state index contributed by atoms with van der Waals surface area (Å²) in [5, 5.41) is 10.3. The fraction of sp³-hybridized carbons (Fsp3) is 0.176. The van der Waals surface area contributed by atoms with Gasteiger partial charge in [-0.3, -0.25) is 4.89 Å². The largest absolute Gasteiger partial charge is 0.449 e. The normalized spacial score (nSPS) is 12.2. The molecule has 3 rings (SSSR count). The van der Waals surface area contributed by atoms with Gasteiger partial charge in [0.2, 0.25) is 0 Å². The zero-order valence-electron chi connectivity index (χ0n) is 12.2. The van der Waals surface area contributed by atoms with Gasteiger partial charge in [-0.1, -0.05) is 48.5 Å². The van der Waals surface area contributed by atoms with E-state index in [4.69, 9.17) is 9.99 Å². The maximum Gasteiger partial charge on any atom is 0.407 e. The number of hydrogen-bond donors (Lipinski definition) is 2. The van der Waals surface area contributed by atoms with Crippen LogP contribution < -0.4 is 5.32 Å². The third-order valence-electron chi connectivity index (χ3n) is 3.82. The number of fused-ring (bicyclic) bond motifs is 3. The van der Waals surface area contributed by atoms with E-state index in [1.807, 2.05) is 48.5 Å². The second kappa shape index (κ2) is 6.50. The van der Waals surface area contributed by atoms with Crippen LogP contribution in [0.3, 0.4) is 0 Å². The van der Waals surface area contributed by atoms with Crippen LogP contribution in [0, 0.1) is 0 Å². The topological polar surface area (TPSA) is 84.9 Å². The van der Waals surface area contributed by atoms with Crippen LogP contribution in [-0.4, -0.2) is 30.5 Å². The van der Waals surface area contributed by atoms with Gasteiger partial charge < -0.3 is 10.1 Å². The van der Waals surface area contributed by atoms with Gasteiger partial charge in [-0.2, -0.15) is 5.26 Å². The molecule has 0 bridgehead atoms. The molecule has 0 fully saturated rings. The molecule has 0 spiro atoms. The Labute approximate surface area is 132 Å². The molecule has 2 aromatic rings. The van der Waals surface area contributed by atoms with Crippen molar-refractivity contribution >= 4 is 12.1 Å². The minimum absolute atomic E-state index is 0.0436. The first-order valence-corrected chi connectivity index (χ1v) is 7.14. The Balaban J connectivity index is 1.71. The highest BCUT2D eigenvalue weighted by molar-refractivity contribution is 5.79. The monoisotopic (exact) mass is 313 g/mol. The molecule has 0 aromatic heterocycles. The number of ether oxygens (including phenoxy) is 1. The maximum atomic E-state index is 11.6. The van der Waals surface area contributed by atoms with E-state index in [9.17, 15) is 9.59 Å². The highest BCUT2D eigenvalue weighted by Crippen LogP contribution is 2.44. The van der Waals surface area contributed by atoms with Gasteiger partial charge in [0.1, 0.15) is 13.2 Å². The summed E-state index contributed by atoms with van der Waals surface area (Å²) in [6.07, 6.45) is -0.739. The standard InChI is InChI=1S/C17H15NO5/c19-16(23-21)9-18-17(20)22-10-15-13-7-3-1-5-11(13)12-6-2-4-8-14(12)15/h1-8,15,21H,9-10H2,(H,18,20). The summed E-state index contributed by atoms with van der Waals surface area (Å²) >= 11 is 0. The zero-order chi connectivity index (χ0) is 16.2. The van der Waals surface area contributed by atoms with Crippen LogP contribution >= 0.6 is 0 Å². The second-order valence-corrected chi connectivity index (χ2v) is 5.14. The number of carbonyl (C=O) groups excluding carboxylic acids is 2. The van der Waals surface area contributed by atoms with Crippen LogP contribution in [-0.2, 0) is 14.4 Å². The summed E-state index contributed by atoms with van der Waals surface area (Å²) in [6.45, 7) is -0.290. The predicted molar refractivity (Wildman–Crippen MR) is 81.8 cm³/mol. The minimum atomic E-state index is -0.960. The number of nitrogens with one attached hydrogen (secondary N) is 1. The first-order valence-electron chi connectivity index (χ1n) is 7.14. The van der Waals surface area contributed by atoms with E-state index in [2.05, 4.69) is 10.2 Å². The Bertz CT molecular complexity index is 698. The molecule has 0 heterocycles. The van der Waals surface area contributed by atoms with Gasteiger partial charge in [0.05, 0.1) is 0 Å². The average Bonchev–Trinajstić information content (AvgIpc) is 2.92. The van der Waals surface area contributed by atoms with Crippen LogP contribution in [0.15, 0.2) is 48.5 Å². The fourth-order valence-electron chi connectivity index (χ4n) is 2.83. The van der Waals surface area contributed by atoms with Crippen molar-refractivity contribution in [3.05, 3.63) is 59.7 Å². The lowest BCUT2D eigenvalue weighted by atomic mass is 9.98. The molecule has 2 aromatic carbocycles. The van der Waals surface area contributed by atoms with Crippen LogP contribution in [0.2, 0.25) is 0 Å². The molecule has 0 radical (unpaired) electrons. The molecule has 0 unspecified atom stereocenters. The van der Waals surface area contributed by atoms with E-state index in [0.717, 1.165) is 22.3 Å². The lowest BCUT2D eigenvalue weighted by molar-refractivity contribution is -0.232. The van der Waals surface area contributed by atoms with Crippen molar-refractivity contribution < 1.29 is 24.5 Å². The molecule has 0 saturated carbocycles. The number of hydrogen-bond acceptors (Lipinski definition) is 5. The van der Waals surface area contributed by atoms with Crippen molar-refractivity contribution in [2.24, 2.45) is 0 Å². The van der Waals surface area contributed by atoms with Gasteiger partial charge in [-0.15, -0.1) is 0 Å². The van der Waals surface area contributed by atoms with Crippen LogP contribution in [0.25, 0.3) is 11.1 Å². The van der Waals surface area contributed by atoms with Crippen LogP contribution in [0.4, 0.5) is 4.79 Å². The number of benzene rings is 2. The van der Waals surface area contributed by atoms with E-state index < -0.39 is 18.6 Å². The Kier molecular flexibility index (Phi) is 4.25. The molecule has 1 aliphatic rings. The van der Waals surface area contributed by atoms with Gasteiger partial charge in [0.15, 0.2) is 0 Å². The molecule has 23 heavy (non-hydrogen) atoms. The van der Waals surface area contributed by atoms with Gasteiger partial charge in [0.25, 0.3) is 0 Å². The number of alkyl carbamates (subject to hydrolysis) is 1. The predicted octanol–water partition coefficient (Wildman–Crippen LogP) is 2.54. The third-order valence-corrected chi connectivity index (χ3v) is 3.82. The molecule has 118 valence electrons. The SMILES string of the molecule is O=C(CNC(=O)OCC1c2ccccc2-c2ccccc21)OO. The Morgan fingerprint density at radius 3 is 2.13 bits per heavy atom. The average molecular weight is 313 g/mol. The molecular weight excluding hydrogens is 298 g/mol. The highest BCUT2D eigenvalue weighted by Gasteiger charge is 2.28. The Morgan fingerprint density at radius 2 is 1.57 bits per heavy atom. The number of carbonyl (C=O) groups is 2. The smallest absolute Gasteiger partial charge is 0.407 e. The minimum Gasteiger partial charge on any atom is -0.449 e. The maximum absolute atomic E-state index is 11.6. The van der Waals surface area contributed by atoms with E-state index in [-0.39, 0.29) is 12.5 Å². The van der Waals surface area contributed by atoms with Crippen LogP contribution in [0.1, 0.15) is 17.0 Å². The van der Waals surface area contributed by atoms with Crippen molar-refractivity contribution in [2.75, 3.05) is 13.2 Å². The van der Waals surface area contributed by atoms with Crippen molar-refractivity contribution in [3.8, 4) is 11.1 Å². The van der Waals surface area contributed by atoms with Crippen LogP contribution in [0.5, 0.6) is 0 Å². The highest BCUT2D eigenvalue weighted by atomic mass is 17.1. The van der Waals surface area contributed by atoms with Gasteiger partial charge >= 0.3 is 12.1 Å². The lowest BCUT2D eigenvalue weighted by Crippen LogP contribution is -2.31. The fourth-order valence-corrected chi connectivity index (χ4v) is 2.83. The molecular formula is C17H15NO5. The van der Waals surface area contributed by atoms with Crippen molar-refractivity contribution in [2.45, 2.75) is 5.92 Å². The van der Waals surface area contributed by atoms with Crippen molar-refractivity contribution in [1.29, 1.82) is 0 Å². The first-order chi connectivity index (χ1) is 11.2. The zero-order valence-corrected chi connectivity index (χ0v) is 12.2.